The lowest BCUT2D eigenvalue weighted by Gasteiger charge is -2.25. The molecule has 0 aliphatic heterocycles. The number of phenolic OH excluding ortho intramolecular Hbond substituents is 1. The number of benzene rings is 1. The molecule has 3 heteroatoms. The van der Waals surface area contributed by atoms with Crippen molar-refractivity contribution < 1.29 is 5.11 Å². The molecule has 1 aromatic rings. The number of hydrogen-bond donors (Lipinski definition) is 2. The van der Waals surface area contributed by atoms with Crippen molar-refractivity contribution in [3.8, 4) is 5.75 Å². The van der Waals surface area contributed by atoms with Gasteiger partial charge in [0, 0.05) is 10.6 Å². The third kappa shape index (κ3) is 2.40. The van der Waals surface area contributed by atoms with Gasteiger partial charge in [-0.3, -0.25) is 0 Å². The summed E-state index contributed by atoms with van der Waals surface area (Å²) in [5, 5.41) is 10.3. The second-order valence-corrected chi connectivity index (χ2v) is 4.52. The van der Waals surface area contributed by atoms with E-state index >= 15 is 0 Å². The van der Waals surface area contributed by atoms with Crippen molar-refractivity contribution in [2.45, 2.75) is 25.7 Å². The molecule has 0 radical (unpaired) electrons. The van der Waals surface area contributed by atoms with Gasteiger partial charge in [0.25, 0.3) is 0 Å². The summed E-state index contributed by atoms with van der Waals surface area (Å²) in [7, 11) is 0. The standard InChI is InChI=1S/C11H16ClNO/c1-11(2,5-6-13)9-7-8(12)3-4-10(9)14/h3-4,7,14H,5-6,13H2,1-2H3. The molecule has 0 atom stereocenters. The molecule has 0 saturated heterocycles. The smallest absolute Gasteiger partial charge is 0.119 e. The Kier molecular flexibility index (Phi) is 3.40. The Hall–Kier alpha value is -0.730. The number of phenols is 1. The van der Waals surface area contributed by atoms with E-state index in [1.54, 1.807) is 18.2 Å². The molecule has 0 aromatic heterocycles. The molecule has 0 amide bonds. The highest BCUT2D eigenvalue weighted by Gasteiger charge is 2.23. The summed E-state index contributed by atoms with van der Waals surface area (Å²) in [4.78, 5) is 0. The molecule has 14 heavy (non-hydrogen) atoms. The fraction of sp³-hybridized carbons (Fsp3) is 0.455. The van der Waals surface area contributed by atoms with Gasteiger partial charge in [0.15, 0.2) is 0 Å². The van der Waals surface area contributed by atoms with Gasteiger partial charge < -0.3 is 10.8 Å². The van der Waals surface area contributed by atoms with Crippen molar-refractivity contribution >= 4 is 11.6 Å². The Bertz CT molecular complexity index is 323. The van der Waals surface area contributed by atoms with Crippen LogP contribution in [0.1, 0.15) is 25.8 Å². The number of rotatable bonds is 3. The molecular weight excluding hydrogens is 198 g/mol. The summed E-state index contributed by atoms with van der Waals surface area (Å²) in [6.07, 6.45) is 0.820. The van der Waals surface area contributed by atoms with Gasteiger partial charge in [0.1, 0.15) is 5.75 Å². The number of aromatic hydroxyl groups is 1. The predicted molar refractivity (Wildman–Crippen MR) is 59.8 cm³/mol. The molecule has 0 heterocycles. The lowest BCUT2D eigenvalue weighted by atomic mass is 9.81. The van der Waals surface area contributed by atoms with Crippen molar-refractivity contribution in [1.29, 1.82) is 0 Å². The molecule has 0 spiro atoms. The van der Waals surface area contributed by atoms with Gasteiger partial charge in [-0.1, -0.05) is 25.4 Å². The zero-order valence-corrected chi connectivity index (χ0v) is 9.30. The lowest BCUT2D eigenvalue weighted by Crippen LogP contribution is -2.21. The van der Waals surface area contributed by atoms with Crippen LogP contribution in [0.25, 0.3) is 0 Å². The van der Waals surface area contributed by atoms with Gasteiger partial charge in [-0.2, -0.15) is 0 Å². The molecule has 78 valence electrons. The molecule has 1 rings (SSSR count). The summed E-state index contributed by atoms with van der Waals surface area (Å²) in [6, 6.07) is 5.10. The van der Waals surface area contributed by atoms with Crippen molar-refractivity contribution in [3.63, 3.8) is 0 Å². The first-order valence-corrected chi connectivity index (χ1v) is 5.04. The highest BCUT2D eigenvalue weighted by atomic mass is 35.5. The first-order chi connectivity index (χ1) is 6.47. The maximum absolute atomic E-state index is 9.70. The van der Waals surface area contributed by atoms with Gasteiger partial charge in [-0.15, -0.1) is 0 Å². The Morgan fingerprint density at radius 2 is 2.07 bits per heavy atom. The van der Waals surface area contributed by atoms with Crippen LogP contribution in [0.2, 0.25) is 5.02 Å². The monoisotopic (exact) mass is 213 g/mol. The van der Waals surface area contributed by atoms with Crippen LogP contribution in [-0.4, -0.2) is 11.7 Å². The fourth-order valence-corrected chi connectivity index (χ4v) is 1.72. The Morgan fingerprint density at radius 3 is 2.64 bits per heavy atom. The third-order valence-electron chi connectivity index (χ3n) is 2.46. The molecule has 0 saturated carbocycles. The molecule has 0 bridgehead atoms. The molecule has 3 N–H and O–H groups in total. The van der Waals surface area contributed by atoms with Crippen molar-refractivity contribution in [3.05, 3.63) is 28.8 Å². The summed E-state index contributed by atoms with van der Waals surface area (Å²) in [5.74, 6) is 0.285. The molecular formula is C11H16ClNO. The van der Waals surface area contributed by atoms with E-state index in [0.717, 1.165) is 12.0 Å². The topological polar surface area (TPSA) is 46.2 Å². The van der Waals surface area contributed by atoms with Crippen molar-refractivity contribution in [1.82, 2.24) is 0 Å². The van der Waals surface area contributed by atoms with E-state index in [4.69, 9.17) is 17.3 Å². The van der Waals surface area contributed by atoms with Crippen LogP contribution in [0, 0.1) is 0 Å². The zero-order chi connectivity index (χ0) is 10.8. The first kappa shape index (κ1) is 11.3. The second kappa shape index (κ2) is 4.20. The van der Waals surface area contributed by atoms with Crippen LogP contribution in [0.3, 0.4) is 0 Å². The van der Waals surface area contributed by atoms with E-state index in [1.165, 1.54) is 0 Å². The number of hydrogen-bond acceptors (Lipinski definition) is 2. The van der Waals surface area contributed by atoms with Gasteiger partial charge in [-0.05, 0) is 36.6 Å². The van der Waals surface area contributed by atoms with Crippen LogP contribution in [-0.2, 0) is 5.41 Å². The quantitative estimate of drug-likeness (QED) is 0.811. The minimum atomic E-state index is -0.135. The fourth-order valence-electron chi connectivity index (χ4n) is 1.55. The average molecular weight is 214 g/mol. The molecule has 0 fully saturated rings. The summed E-state index contributed by atoms with van der Waals surface area (Å²) in [6.45, 7) is 4.69. The largest absolute Gasteiger partial charge is 0.508 e. The summed E-state index contributed by atoms with van der Waals surface area (Å²) >= 11 is 5.88. The highest BCUT2D eigenvalue weighted by Crippen LogP contribution is 2.34. The lowest BCUT2D eigenvalue weighted by molar-refractivity contribution is 0.423. The summed E-state index contributed by atoms with van der Waals surface area (Å²) < 4.78 is 0. The number of nitrogens with two attached hydrogens (primary N) is 1. The first-order valence-electron chi connectivity index (χ1n) is 4.66. The average Bonchev–Trinajstić information content (AvgIpc) is 2.09. The van der Waals surface area contributed by atoms with Crippen LogP contribution >= 0.6 is 11.6 Å². The second-order valence-electron chi connectivity index (χ2n) is 4.08. The van der Waals surface area contributed by atoms with Crippen LogP contribution < -0.4 is 5.73 Å². The van der Waals surface area contributed by atoms with Gasteiger partial charge in [0.05, 0.1) is 0 Å². The molecule has 0 aliphatic rings. The van der Waals surface area contributed by atoms with Gasteiger partial charge in [0.2, 0.25) is 0 Å². The molecule has 0 unspecified atom stereocenters. The SMILES string of the molecule is CC(C)(CCN)c1cc(Cl)ccc1O. The summed E-state index contributed by atoms with van der Waals surface area (Å²) in [5.41, 5.74) is 6.25. The third-order valence-corrected chi connectivity index (χ3v) is 2.69. The Labute approximate surface area is 89.7 Å². The van der Waals surface area contributed by atoms with E-state index in [2.05, 4.69) is 0 Å². The maximum Gasteiger partial charge on any atom is 0.119 e. The van der Waals surface area contributed by atoms with E-state index in [9.17, 15) is 5.11 Å². The van der Waals surface area contributed by atoms with Crippen LogP contribution in [0.4, 0.5) is 0 Å². The van der Waals surface area contributed by atoms with Crippen LogP contribution in [0.15, 0.2) is 18.2 Å². The molecule has 0 aliphatic carbocycles. The Balaban J connectivity index is 3.10. The van der Waals surface area contributed by atoms with Crippen molar-refractivity contribution in [2.75, 3.05) is 6.54 Å². The minimum absolute atomic E-state index is 0.135. The van der Waals surface area contributed by atoms with E-state index in [0.29, 0.717) is 11.6 Å². The van der Waals surface area contributed by atoms with Gasteiger partial charge >= 0.3 is 0 Å². The van der Waals surface area contributed by atoms with Crippen molar-refractivity contribution in [2.24, 2.45) is 5.73 Å². The molecule has 1 aromatic carbocycles. The van der Waals surface area contributed by atoms with E-state index in [1.807, 2.05) is 13.8 Å². The zero-order valence-electron chi connectivity index (χ0n) is 8.55. The highest BCUT2D eigenvalue weighted by molar-refractivity contribution is 6.30. The normalized spacial score (nSPS) is 11.7. The predicted octanol–water partition coefficient (Wildman–Crippen LogP) is 2.67. The van der Waals surface area contributed by atoms with Gasteiger partial charge in [-0.25, -0.2) is 0 Å². The van der Waals surface area contributed by atoms with E-state index in [-0.39, 0.29) is 11.2 Å². The number of halogens is 1. The molecule has 2 nitrogen and oxygen atoms in total. The Morgan fingerprint density at radius 1 is 1.43 bits per heavy atom. The maximum atomic E-state index is 9.70. The van der Waals surface area contributed by atoms with Crippen LogP contribution in [0.5, 0.6) is 5.75 Å². The minimum Gasteiger partial charge on any atom is -0.508 e. The van der Waals surface area contributed by atoms with E-state index < -0.39 is 0 Å².